The van der Waals surface area contributed by atoms with Gasteiger partial charge in [0.1, 0.15) is 0 Å². The molecule has 96 valence electrons. The minimum Gasteiger partial charge on any atom is -0.356 e. The van der Waals surface area contributed by atoms with Gasteiger partial charge in [0.25, 0.3) is 0 Å². The summed E-state index contributed by atoms with van der Waals surface area (Å²) in [5, 5.41) is 2.95. The van der Waals surface area contributed by atoms with Gasteiger partial charge in [-0.2, -0.15) is 11.8 Å². The lowest BCUT2D eigenvalue weighted by molar-refractivity contribution is -0.122. The third-order valence-corrected chi connectivity index (χ3v) is 3.16. The molecule has 0 saturated carbocycles. The maximum atomic E-state index is 11.6. The normalized spacial score (nSPS) is 12.8. The van der Waals surface area contributed by atoms with E-state index in [9.17, 15) is 4.79 Å². The number of amides is 1. The second-order valence-electron chi connectivity index (χ2n) is 4.63. The van der Waals surface area contributed by atoms with Crippen molar-refractivity contribution in [1.29, 1.82) is 0 Å². The van der Waals surface area contributed by atoms with Crippen molar-refractivity contribution in [3.63, 3.8) is 0 Å². The Morgan fingerprint density at radius 2 is 2.12 bits per heavy atom. The molecule has 3 nitrogen and oxygen atoms in total. The molecule has 0 aliphatic heterocycles. The average Bonchev–Trinajstić information content (AvgIpc) is 2.23. The zero-order valence-corrected chi connectivity index (χ0v) is 11.6. The van der Waals surface area contributed by atoms with Crippen LogP contribution in [0.15, 0.2) is 0 Å². The molecule has 0 rings (SSSR count). The van der Waals surface area contributed by atoms with Crippen molar-refractivity contribution < 1.29 is 4.79 Å². The summed E-state index contributed by atoms with van der Waals surface area (Å²) in [6.45, 7) is 5.73. The van der Waals surface area contributed by atoms with Crippen LogP contribution in [0.5, 0.6) is 0 Å². The van der Waals surface area contributed by atoms with Crippen LogP contribution in [0.2, 0.25) is 0 Å². The lowest BCUT2D eigenvalue weighted by atomic mass is 9.94. The van der Waals surface area contributed by atoms with Crippen LogP contribution in [0.3, 0.4) is 0 Å². The highest BCUT2D eigenvalue weighted by Gasteiger charge is 2.13. The van der Waals surface area contributed by atoms with Gasteiger partial charge in [0.15, 0.2) is 0 Å². The maximum absolute atomic E-state index is 11.6. The summed E-state index contributed by atoms with van der Waals surface area (Å²) in [5.74, 6) is 2.20. The molecule has 1 atom stereocenters. The largest absolute Gasteiger partial charge is 0.356 e. The first-order chi connectivity index (χ1) is 7.60. The molecule has 0 saturated heterocycles. The maximum Gasteiger partial charge on any atom is 0.220 e. The van der Waals surface area contributed by atoms with Gasteiger partial charge in [-0.05, 0) is 43.2 Å². The minimum atomic E-state index is 0.150. The van der Waals surface area contributed by atoms with Crippen molar-refractivity contribution in [1.82, 2.24) is 5.32 Å². The number of thioether (sulfide) groups is 1. The van der Waals surface area contributed by atoms with Crippen molar-refractivity contribution in [3.05, 3.63) is 0 Å². The molecule has 0 aromatic carbocycles. The summed E-state index contributed by atoms with van der Waals surface area (Å²) >= 11 is 1.81. The summed E-state index contributed by atoms with van der Waals surface area (Å²) in [6, 6.07) is 0. The van der Waals surface area contributed by atoms with E-state index < -0.39 is 0 Å². The number of carbonyl (C=O) groups excluding carboxylic acids is 1. The summed E-state index contributed by atoms with van der Waals surface area (Å²) in [4.78, 5) is 11.6. The predicted molar refractivity (Wildman–Crippen MR) is 72.6 cm³/mol. The Morgan fingerprint density at radius 1 is 1.44 bits per heavy atom. The van der Waals surface area contributed by atoms with Crippen molar-refractivity contribution in [2.24, 2.45) is 17.6 Å². The van der Waals surface area contributed by atoms with Gasteiger partial charge in [-0.15, -0.1) is 0 Å². The first kappa shape index (κ1) is 15.8. The van der Waals surface area contributed by atoms with Gasteiger partial charge in [-0.3, -0.25) is 4.79 Å². The van der Waals surface area contributed by atoms with Crippen molar-refractivity contribution in [2.45, 2.75) is 33.1 Å². The van der Waals surface area contributed by atoms with Crippen LogP contribution in [0.1, 0.15) is 33.1 Å². The second kappa shape index (κ2) is 9.97. The fourth-order valence-electron chi connectivity index (χ4n) is 1.71. The molecule has 4 heteroatoms. The molecule has 0 unspecified atom stereocenters. The van der Waals surface area contributed by atoms with E-state index in [1.165, 1.54) is 0 Å². The number of nitrogens with one attached hydrogen (secondary N) is 1. The highest BCUT2D eigenvalue weighted by molar-refractivity contribution is 7.98. The molecular formula is C12H26N2OS. The number of hydrogen-bond acceptors (Lipinski definition) is 3. The summed E-state index contributed by atoms with van der Waals surface area (Å²) in [5.41, 5.74) is 5.66. The standard InChI is InChI=1S/C12H26N2OS/c1-10(2)7-11(9-13)8-12(15)14-5-4-6-16-3/h10-11H,4-9,13H2,1-3H3,(H,14,15)/t11-/m0/s1. The molecule has 0 spiro atoms. The number of hydrogen-bond donors (Lipinski definition) is 2. The molecule has 0 heterocycles. The molecule has 0 bridgehead atoms. The Hall–Kier alpha value is -0.220. The van der Waals surface area contributed by atoms with E-state index in [1.54, 1.807) is 0 Å². The third kappa shape index (κ3) is 9.04. The Morgan fingerprint density at radius 3 is 2.62 bits per heavy atom. The van der Waals surface area contributed by atoms with Crippen LogP contribution in [-0.2, 0) is 4.79 Å². The molecule has 3 N–H and O–H groups in total. The van der Waals surface area contributed by atoms with E-state index in [0.717, 1.165) is 25.1 Å². The lowest BCUT2D eigenvalue weighted by Crippen LogP contribution is -2.29. The third-order valence-electron chi connectivity index (χ3n) is 2.46. The molecule has 16 heavy (non-hydrogen) atoms. The van der Waals surface area contributed by atoms with Crippen LogP contribution in [-0.4, -0.2) is 31.0 Å². The van der Waals surface area contributed by atoms with Gasteiger partial charge < -0.3 is 11.1 Å². The topological polar surface area (TPSA) is 55.1 Å². The van der Waals surface area contributed by atoms with Crippen LogP contribution in [0.4, 0.5) is 0 Å². The van der Waals surface area contributed by atoms with Gasteiger partial charge in [0, 0.05) is 13.0 Å². The molecule has 0 aromatic heterocycles. The summed E-state index contributed by atoms with van der Waals surface area (Å²) < 4.78 is 0. The van der Waals surface area contributed by atoms with Crippen LogP contribution >= 0.6 is 11.8 Å². The summed E-state index contributed by atoms with van der Waals surface area (Å²) in [7, 11) is 0. The fraction of sp³-hybridized carbons (Fsp3) is 0.917. The van der Waals surface area contributed by atoms with E-state index in [0.29, 0.717) is 24.8 Å². The van der Waals surface area contributed by atoms with E-state index in [1.807, 2.05) is 11.8 Å². The number of rotatable bonds is 9. The monoisotopic (exact) mass is 246 g/mol. The molecule has 0 aliphatic carbocycles. The van der Waals surface area contributed by atoms with Crippen LogP contribution < -0.4 is 11.1 Å². The van der Waals surface area contributed by atoms with Gasteiger partial charge in [-0.25, -0.2) is 0 Å². The number of carbonyl (C=O) groups is 1. The highest BCUT2D eigenvalue weighted by atomic mass is 32.2. The highest BCUT2D eigenvalue weighted by Crippen LogP contribution is 2.13. The first-order valence-electron chi connectivity index (χ1n) is 6.05. The minimum absolute atomic E-state index is 0.150. The van der Waals surface area contributed by atoms with Crippen LogP contribution in [0.25, 0.3) is 0 Å². The smallest absolute Gasteiger partial charge is 0.220 e. The average molecular weight is 246 g/mol. The zero-order valence-electron chi connectivity index (χ0n) is 10.8. The van der Waals surface area contributed by atoms with E-state index >= 15 is 0 Å². The van der Waals surface area contributed by atoms with Crippen LogP contribution in [0, 0.1) is 11.8 Å². The molecular weight excluding hydrogens is 220 g/mol. The van der Waals surface area contributed by atoms with Gasteiger partial charge in [0.05, 0.1) is 0 Å². The van der Waals surface area contributed by atoms with Crippen molar-refractivity contribution in [3.8, 4) is 0 Å². The number of nitrogens with two attached hydrogens (primary N) is 1. The molecule has 1 amide bonds. The van der Waals surface area contributed by atoms with Gasteiger partial charge in [0.2, 0.25) is 5.91 Å². The first-order valence-corrected chi connectivity index (χ1v) is 7.45. The van der Waals surface area contributed by atoms with Crippen molar-refractivity contribution in [2.75, 3.05) is 25.1 Å². The molecule has 0 aliphatic rings. The summed E-state index contributed by atoms with van der Waals surface area (Å²) in [6.07, 6.45) is 4.74. The fourth-order valence-corrected chi connectivity index (χ4v) is 2.14. The quantitative estimate of drug-likeness (QED) is 0.611. The zero-order chi connectivity index (χ0) is 12.4. The Balaban J connectivity index is 3.66. The second-order valence-corrected chi connectivity index (χ2v) is 5.62. The lowest BCUT2D eigenvalue weighted by Gasteiger charge is -2.16. The van der Waals surface area contributed by atoms with E-state index in [2.05, 4.69) is 25.4 Å². The predicted octanol–water partition coefficient (Wildman–Crippen LogP) is 1.87. The molecule has 0 radical (unpaired) electrons. The molecule has 0 aromatic rings. The molecule has 0 fully saturated rings. The van der Waals surface area contributed by atoms with E-state index in [4.69, 9.17) is 5.73 Å². The Kier molecular flexibility index (Phi) is 9.83. The van der Waals surface area contributed by atoms with Crippen molar-refractivity contribution >= 4 is 17.7 Å². The van der Waals surface area contributed by atoms with E-state index in [-0.39, 0.29) is 5.91 Å². The Bertz CT molecular complexity index is 186. The SMILES string of the molecule is CSCCCNC(=O)C[C@@H](CN)CC(C)C. The Labute approximate surface area is 104 Å². The van der Waals surface area contributed by atoms with Gasteiger partial charge >= 0.3 is 0 Å². The van der Waals surface area contributed by atoms with Gasteiger partial charge in [-0.1, -0.05) is 13.8 Å².